The summed E-state index contributed by atoms with van der Waals surface area (Å²) in [6.45, 7) is 3.77. The molecule has 0 unspecified atom stereocenters. The fourth-order valence-electron chi connectivity index (χ4n) is 1.68. The summed E-state index contributed by atoms with van der Waals surface area (Å²) in [6.07, 6.45) is 1.82. The SMILES string of the molecule is CCOc1cc(N)cc(C(=O)NCCCCOC)c1. The Morgan fingerprint density at radius 2 is 2.11 bits per heavy atom. The number of benzene rings is 1. The van der Waals surface area contributed by atoms with Crippen molar-refractivity contribution in [3.8, 4) is 5.75 Å². The second-order valence-electron chi connectivity index (χ2n) is 4.18. The van der Waals surface area contributed by atoms with Crippen LogP contribution in [0.5, 0.6) is 5.75 Å². The lowest BCUT2D eigenvalue weighted by Gasteiger charge is -2.09. The molecule has 0 saturated carbocycles. The Kier molecular flexibility index (Phi) is 6.74. The van der Waals surface area contributed by atoms with Gasteiger partial charge in [-0.3, -0.25) is 4.79 Å². The maximum absolute atomic E-state index is 11.9. The number of nitrogens with one attached hydrogen (secondary N) is 1. The van der Waals surface area contributed by atoms with E-state index in [1.54, 1.807) is 25.3 Å². The molecule has 0 fully saturated rings. The third-order valence-corrected chi connectivity index (χ3v) is 2.56. The summed E-state index contributed by atoms with van der Waals surface area (Å²) in [5, 5.41) is 2.85. The third kappa shape index (κ3) is 5.61. The molecular formula is C14H22N2O3. The van der Waals surface area contributed by atoms with Crippen molar-refractivity contribution >= 4 is 11.6 Å². The highest BCUT2D eigenvalue weighted by Gasteiger charge is 2.07. The number of nitrogen functional groups attached to an aromatic ring is 1. The second kappa shape index (κ2) is 8.37. The van der Waals surface area contributed by atoms with Crippen LogP contribution >= 0.6 is 0 Å². The molecule has 1 amide bonds. The fourth-order valence-corrected chi connectivity index (χ4v) is 1.68. The molecule has 0 radical (unpaired) electrons. The number of amides is 1. The molecule has 1 rings (SSSR count). The van der Waals surface area contributed by atoms with Gasteiger partial charge in [0.05, 0.1) is 6.61 Å². The van der Waals surface area contributed by atoms with Crippen molar-refractivity contribution in [3.05, 3.63) is 23.8 Å². The van der Waals surface area contributed by atoms with Gasteiger partial charge in [0.25, 0.3) is 5.91 Å². The van der Waals surface area contributed by atoms with E-state index in [0.29, 0.717) is 36.8 Å². The van der Waals surface area contributed by atoms with E-state index in [9.17, 15) is 4.79 Å². The number of ether oxygens (including phenoxy) is 2. The summed E-state index contributed by atoms with van der Waals surface area (Å²) < 4.78 is 10.3. The summed E-state index contributed by atoms with van der Waals surface area (Å²) in [5.74, 6) is 0.484. The maximum atomic E-state index is 11.9. The molecule has 0 bridgehead atoms. The van der Waals surface area contributed by atoms with Gasteiger partial charge in [0.2, 0.25) is 0 Å². The highest BCUT2D eigenvalue weighted by molar-refractivity contribution is 5.95. The predicted octanol–water partition coefficient (Wildman–Crippen LogP) is 1.82. The van der Waals surface area contributed by atoms with Crippen molar-refractivity contribution in [1.82, 2.24) is 5.32 Å². The first-order valence-corrected chi connectivity index (χ1v) is 6.48. The Balaban J connectivity index is 2.51. The van der Waals surface area contributed by atoms with Gasteiger partial charge in [-0.05, 0) is 31.9 Å². The number of methoxy groups -OCH3 is 1. The van der Waals surface area contributed by atoms with Crippen molar-refractivity contribution in [3.63, 3.8) is 0 Å². The molecule has 5 nitrogen and oxygen atoms in total. The highest BCUT2D eigenvalue weighted by Crippen LogP contribution is 2.18. The quantitative estimate of drug-likeness (QED) is 0.556. The molecule has 0 atom stereocenters. The molecule has 0 heterocycles. The Labute approximate surface area is 114 Å². The average molecular weight is 266 g/mol. The van der Waals surface area contributed by atoms with E-state index >= 15 is 0 Å². The molecule has 106 valence electrons. The van der Waals surface area contributed by atoms with Crippen LogP contribution in [0.15, 0.2) is 18.2 Å². The minimum Gasteiger partial charge on any atom is -0.494 e. The molecule has 1 aromatic rings. The van der Waals surface area contributed by atoms with Crippen LogP contribution in [0.1, 0.15) is 30.1 Å². The van der Waals surface area contributed by atoms with Crippen molar-refractivity contribution in [2.45, 2.75) is 19.8 Å². The number of rotatable bonds is 8. The zero-order valence-corrected chi connectivity index (χ0v) is 11.6. The Morgan fingerprint density at radius 1 is 1.32 bits per heavy atom. The zero-order valence-electron chi connectivity index (χ0n) is 11.6. The summed E-state index contributed by atoms with van der Waals surface area (Å²) in [4.78, 5) is 11.9. The lowest BCUT2D eigenvalue weighted by atomic mass is 10.1. The van der Waals surface area contributed by atoms with E-state index in [1.807, 2.05) is 6.92 Å². The molecule has 0 aliphatic carbocycles. The first-order valence-electron chi connectivity index (χ1n) is 6.48. The zero-order chi connectivity index (χ0) is 14.1. The standard InChI is InChI=1S/C14H22N2O3/c1-3-19-13-9-11(8-12(15)10-13)14(17)16-6-4-5-7-18-2/h8-10H,3-7,15H2,1-2H3,(H,16,17). The van der Waals surface area contributed by atoms with E-state index in [1.165, 1.54) is 0 Å². The molecule has 1 aromatic carbocycles. The van der Waals surface area contributed by atoms with E-state index in [2.05, 4.69) is 5.32 Å². The fraction of sp³-hybridized carbons (Fsp3) is 0.500. The maximum Gasteiger partial charge on any atom is 0.251 e. The number of nitrogens with two attached hydrogens (primary N) is 1. The minimum absolute atomic E-state index is 0.134. The van der Waals surface area contributed by atoms with Crippen LogP contribution in [0.25, 0.3) is 0 Å². The van der Waals surface area contributed by atoms with Gasteiger partial charge in [0, 0.05) is 37.6 Å². The van der Waals surface area contributed by atoms with E-state index in [4.69, 9.17) is 15.2 Å². The van der Waals surface area contributed by atoms with Crippen LogP contribution in [0, 0.1) is 0 Å². The van der Waals surface area contributed by atoms with E-state index in [0.717, 1.165) is 12.8 Å². The molecule has 0 aliphatic rings. The Hall–Kier alpha value is -1.75. The van der Waals surface area contributed by atoms with Crippen LogP contribution in [0.2, 0.25) is 0 Å². The molecule has 5 heteroatoms. The normalized spacial score (nSPS) is 10.2. The molecule has 0 spiro atoms. The van der Waals surface area contributed by atoms with Gasteiger partial charge in [-0.1, -0.05) is 0 Å². The number of hydrogen-bond donors (Lipinski definition) is 2. The summed E-state index contributed by atoms with van der Waals surface area (Å²) >= 11 is 0. The summed E-state index contributed by atoms with van der Waals surface area (Å²) in [6, 6.07) is 5.05. The second-order valence-corrected chi connectivity index (χ2v) is 4.18. The van der Waals surface area contributed by atoms with E-state index < -0.39 is 0 Å². The van der Waals surface area contributed by atoms with Crippen LogP contribution in [0.4, 0.5) is 5.69 Å². The highest BCUT2D eigenvalue weighted by atomic mass is 16.5. The topological polar surface area (TPSA) is 73.6 Å². The lowest BCUT2D eigenvalue weighted by molar-refractivity contribution is 0.0951. The summed E-state index contributed by atoms with van der Waals surface area (Å²) in [7, 11) is 1.67. The first-order chi connectivity index (χ1) is 9.17. The monoisotopic (exact) mass is 266 g/mol. The van der Waals surface area contributed by atoms with Gasteiger partial charge in [-0.15, -0.1) is 0 Å². The first kappa shape index (κ1) is 15.3. The smallest absolute Gasteiger partial charge is 0.251 e. The largest absolute Gasteiger partial charge is 0.494 e. The molecule has 0 saturated heterocycles. The number of carbonyl (C=O) groups is 1. The number of anilines is 1. The van der Waals surface area contributed by atoms with Crippen molar-refractivity contribution in [1.29, 1.82) is 0 Å². The third-order valence-electron chi connectivity index (χ3n) is 2.56. The number of hydrogen-bond acceptors (Lipinski definition) is 4. The number of unbranched alkanes of at least 4 members (excludes halogenated alkanes) is 1. The Morgan fingerprint density at radius 3 is 2.79 bits per heavy atom. The molecule has 0 aromatic heterocycles. The van der Waals surface area contributed by atoms with Crippen LogP contribution in [-0.2, 0) is 4.74 Å². The Bertz CT molecular complexity index is 408. The van der Waals surface area contributed by atoms with Crippen molar-refractivity contribution in [2.75, 3.05) is 32.6 Å². The van der Waals surface area contributed by atoms with E-state index in [-0.39, 0.29) is 5.91 Å². The summed E-state index contributed by atoms with van der Waals surface area (Å²) in [5.41, 5.74) is 6.79. The average Bonchev–Trinajstić information content (AvgIpc) is 2.38. The van der Waals surface area contributed by atoms with Crippen LogP contribution in [0.3, 0.4) is 0 Å². The molecule has 3 N–H and O–H groups in total. The molecule has 0 aliphatic heterocycles. The van der Waals surface area contributed by atoms with Gasteiger partial charge in [-0.25, -0.2) is 0 Å². The molecule has 19 heavy (non-hydrogen) atoms. The van der Waals surface area contributed by atoms with Gasteiger partial charge in [0.1, 0.15) is 5.75 Å². The van der Waals surface area contributed by atoms with Gasteiger partial charge in [0.15, 0.2) is 0 Å². The predicted molar refractivity (Wildman–Crippen MR) is 75.5 cm³/mol. The lowest BCUT2D eigenvalue weighted by Crippen LogP contribution is -2.24. The molecular weight excluding hydrogens is 244 g/mol. The van der Waals surface area contributed by atoms with Gasteiger partial charge >= 0.3 is 0 Å². The van der Waals surface area contributed by atoms with Crippen molar-refractivity contribution in [2.24, 2.45) is 0 Å². The number of carbonyl (C=O) groups excluding carboxylic acids is 1. The van der Waals surface area contributed by atoms with Gasteiger partial charge < -0.3 is 20.5 Å². The van der Waals surface area contributed by atoms with Crippen LogP contribution < -0.4 is 15.8 Å². The van der Waals surface area contributed by atoms with Crippen molar-refractivity contribution < 1.29 is 14.3 Å². The van der Waals surface area contributed by atoms with Gasteiger partial charge in [-0.2, -0.15) is 0 Å². The minimum atomic E-state index is -0.134. The van der Waals surface area contributed by atoms with Crippen LogP contribution in [-0.4, -0.2) is 32.8 Å².